The van der Waals surface area contributed by atoms with Crippen LogP contribution < -0.4 is 5.32 Å². The molecule has 0 aliphatic rings. The molecule has 1 amide bonds. The lowest BCUT2D eigenvalue weighted by atomic mass is 10.1. The summed E-state index contributed by atoms with van der Waals surface area (Å²) in [7, 11) is -0.613. The predicted molar refractivity (Wildman–Crippen MR) is 99.1 cm³/mol. The number of sulfonamides is 1. The highest BCUT2D eigenvalue weighted by Crippen LogP contribution is 2.15. The first-order chi connectivity index (χ1) is 11.8. The first-order valence-electron chi connectivity index (χ1n) is 8.17. The van der Waals surface area contributed by atoms with E-state index in [1.54, 1.807) is 12.1 Å². The molecule has 0 bridgehead atoms. The van der Waals surface area contributed by atoms with Crippen molar-refractivity contribution in [1.82, 2.24) is 9.62 Å². The fraction of sp³-hybridized carbons (Fsp3) is 0.316. The van der Waals surface area contributed by atoms with E-state index in [0.29, 0.717) is 12.1 Å². The molecule has 0 aliphatic carbocycles. The first-order valence-corrected chi connectivity index (χ1v) is 9.61. The minimum Gasteiger partial charge on any atom is -0.352 e. The summed E-state index contributed by atoms with van der Waals surface area (Å²) in [6.07, 6.45) is 1.71. The third-order valence-electron chi connectivity index (χ3n) is 3.92. The number of rotatable bonds is 7. The highest BCUT2D eigenvalue weighted by atomic mass is 32.2. The van der Waals surface area contributed by atoms with E-state index in [4.69, 9.17) is 0 Å². The van der Waals surface area contributed by atoms with Gasteiger partial charge in [0.05, 0.1) is 4.90 Å². The van der Waals surface area contributed by atoms with Crippen molar-refractivity contribution < 1.29 is 13.2 Å². The van der Waals surface area contributed by atoms with Crippen LogP contribution in [0.1, 0.15) is 27.9 Å². The average Bonchev–Trinajstić information content (AvgIpc) is 2.60. The molecule has 0 fully saturated rings. The maximum Gasteiger partial charge on any atom is 0.251 e. The van der Waals surface area contributed by atoms with Gasteiger partial charge in [-0.2, -0.15) is 0 Å². The van der Waals surface area contributed by atoms with Crippen molar-refractivity contribution >= 4 is 15.9 Å². The van der Waals surface area contributed by atoms with E-state index in [1.807, 2.05) is 0 Å². The van der Waals surface area contributed by atoms with Crippen LogP contribution in [0.2, 0.25) is 0 Å². The predicted octanol–water partition coefficient (Wildman–Crippen LogP) is 2.61. The van der Waals surface area contributed by atoms with Gasteiger partial charge in [-0.1, -0.05) is 35.9 Å². The molecule has 0 aromatic heterocycles. The first kappa shape index (κ1) is 19.1. The Balaban J connectivity index is 1.92. The molecule has 1 N–H and O–H groups in total. The second kappa shape index (κ2) is 8.27. The van der Waals surface area contributed by atoms with Crippen molar-refractivity contribution in [3.05, 3.63) is 65.2 Å². The van der Waals surface area contributed by atoms with Crippen molar-refractivity contribution in [3.8, 4) is 0 Å². The summed E-state index contributed by atoms with van der Waals surface area (Å²) in [6.45, 7) is 2.59. The molecule has 2 rings (SSSR count). The van der Waals surface area contributed by atoms with E-state index < -0.39 is 10.0 Å². The Kier molecular flexibility index (Phi) is 6.33. The average molecular weight is 360 g/mol. The molecule has 25 heavy (non-hydrogen) atoms. The number of hydrogen-bond acceptors (Lipinski definition) is 3. The number of nitrogens with zero attached hydrogens (tertiary/aromatic N) is 1. The normalized spacial score (nSPS) is 11.5. The third kappa shape index (κ3) is 5.14. The molecule has 0 heterocycles. The Morgan fingerprint density at radius 3 is 2.40 bits per heavy atom. The number of aryl methyl sites for hydroxylation is 2. The fourth-order valence-corrected chi connectivity index (χ4v) is 3.31. The topological polar surface area (TPSA) is 66.5 Å². The van der Waals surface area contributed by atoms with Crippen molar-refractivity contribution in [3.63, 3.8) is 0 Å². The maximum atomic E-state index is 12.2. The van der Waals surface area contributed by atoms with Crippen LogP contribution in [0.25, 0.3) is 0 Å². The summed E-state index contributed by atoms with van der Waals surface area (Å²) < 4.78 is 25.4. The monoisotopic (exact) mass is 360 g/mol. The molecular formula is C19H24N2O3S. The molecule has 134 valence electrons. The van der Waals surface area contributed by atoms with Gasteiger partial charge in [-0.15, -0.1) is 0 Å². The Morgan fingerprint density at radius 2 is 1.76 bits per heavy atom. The van der Waals surface area contributed by atoms with Crippen LogP contribution in [0, 0.1) is 6.92 Å². The molecule has 0 atom stereocenters. The number of hydrogen-bond donors (Lipinski definition) is 1. The van der Waals surface area contributed by atoms with Crippen molar-refractivity contribution in [1.29, 1.82) is 0 Å². The zero-order valence-corrected chi connectivity index (χ0v) is 15.6. The smallest absolute Gasteiger partial charge is 0.251 e. The van der Waals surface area contributed by atoms with Gasteiger partial charge in [0.1, 0.15) is 0 Å². The van der Waals surface area contributed by atoms with Gasteiger partial charge in [-0.25, -0.2) is 12.7 Å². The largest absolute Gasteiger partial charge is 0.352 e. The SMILES string of the molecule is Cc1ccc(CCCNC(=O)c2cccc(S(=O)(=O)N(C)C)c2)cc1. The zero-order chi connectivity index (χ0) is 18.4. The van der Waals surface area contributed by atoms with Crippen molar-refractivity contribution in [2.75, 3.05) is 20.6 Å². The van der Waals surface area contributed by atoms with Crippen LogP contribution in [0.15, 0.2) is 53.4 Å². The lowest BCUT2D eigenvalue weighted by Crippen LogP contribution is -2.26. The second-order valence-corrected chi connectivity index (χ2v) is 8.31. The van der Waals surface area contributed by atoms with Gasteiger partial charge in [0.15, 0.2) is 0 Å². The van der Waals surface area contributed by atoms with E-state index in [1.165, 1.54) is 37.4 Å². The van der Waals surface area contributed by atoms with Gasteiger partial charge in [-0.05, 0) is 43.5 Å². The van der Waals surface area contributed by atoms with Crippen molar-refractivity contribution in [2.45, 2.75) is 24.7 Å². The number of carbonyl (C=O) groups is 1. The number of nitrogens with one attached hydrogen (secondary N) is 1. The van der Waals surface area contributed by atoms with E-state index in [0.717, 1.165) is 17.1 Å². The van der Waals surface area contributed by atoms with Crippen LogP contribution >= 0.6 is 0 Å². The van der Waals surface area contributed by atoms with E-state index in [-0.39, 0.29) is 10.8 Å². The van der Waals surface area contributed by atoms with Gasteiger partial charge in [0.2, 0.25) is 10.0 Å². The molecule has 0 saturated carbocycles. The Morgan fingerprint density at radius 1 is 1.08 bits per heavy atom. The van der Waals surface area contributed by atoms with E-state index in [9.17, 15) is 13.2 Å². The Bertz CT molecular complexity index is 828. The lowest BCUT2D eigenvalue weighted by Gasteiger charge is -2.12. The summed E-state index contributed by atoms with van der Waals surface area (Å²) in [5.74, 6) is -0.264. The quantitative estimate of drug-likeness (QED) is 0.772. The number of amides is 1. The lowest BCUT2D eigenvalue weighted by molar-refractivity contribution is 0.0953. The Hall–Kier alpha value is -2.18. The van der Waals surface area contributed by atoms with E-state index >= 15 is 0 Å². The molecule has 0 unspecified atom stereocenters. The molecule has 5 nitrogen and oxygen atoms in total. The van der Waals surface area contributed by atoms with E-state index in [2.05, 4.69) is 36.5 Å². The minimum atomic E-state index is -3.54. The summed E-state index contributed by atoms with van der Waals surface area (Å²) in [5.41, 5.74) is 2.81. The highest BCUT2D eigenvalue weighted by Gasteiger charge is 2.18. The summed E-state index contributed by atoms with van der Waals surface area (Å²) in [4.78, 5) is 12.3. The van der Waals surface area contributed by atoms with Crippen LogP contribution in [-0.2, 0) is 16.4 Å². The molecule has 0 saturated heterocycles. The second-order valence-electron chi connectivity index (χ2n) is 6.16. The number of benzene rings is 2. The number of carbonyl (C=O) groups excluding carboxylic acids is 1. The fourth-order valence-electron chi connectivity index (χ4n) is 2.36. The molecule has 2 aromatic rings. The molecule has 6 heteroatoms. The van der Waals surface area contributed by atoms with Crippen LogP contribution in [-0.4, -0.2) is 39.3 Å². The van der Waals surface area contributed by atoms with Crippen LogP contribution in [0.4, 0.5) is 0 Å². The molecule has 0 radical (unpaired) electrons. The van der Waals surface area contributed by atoms with Gasteiger partial charge in [0, 0.05) is 26.2 Å². The standard InChI is InChI=1S/C19H24N2O3S/c1-15-9-11-16(12-10-15)6-5-13-20-19(22)17-7-4-8-18(14-17)25(23,24)21(2)3/h4,7-12,14H,5-6,13H2,1-3H3,(H,20,22). The third-order valence-corrected chi connectivity index (χ3v) is 5.73. The van der Waals surface area contributed by atoms with Crippen LogP contribution in [0.5, 0.6) is 0 Å². The summed E-state index contributed by atoms with van der Waals surface area (Å²) >= 11 is 0. The maximum absolute atomic E-state index is 12.2. The van der Waals surface area contributed by atoms with Gasteiger partial charge < -0.3 is 5.32 Å². The van der Waals surface area contributed by atoms with Gasteiger partial charge >= 0.3 is 0 Å². The molecule has 0 spiro atoms. The molecule has 2 aromatic carbocycles. The van der Waals surface area contributed by atoms with Crippen LogP contribution in [0.3, 0.4) is 0 Å². The minimum absolute atomic E-state index is 0.116. The summed E-state index contributed by atoms with van der Waals surface area (Å²) in [6, 6.07) is 14.4. The zero-order valence-electron chi connectivity index (χ0n) is 14.8. The summed E-state index contributed by atoms with van der Waals surface area (Å²) in [5, 5.41) is 2.84. The van der Waals surface area contributed by atoms with Gasteiger partial charge in [-0.3, -0.25) is 4.79 Å². The van der Waals surface area contributed by atoms with Gasteiger partial charge in [0.25, 0.3) is 5.91 Å². The Labute approximate surface area is 149 Å². The van der Waals surface area contributed by atoms with Crippen molar-refractivity contribution in [2.24, 2.45) is 0 Å². The molecular weight excluding hydrogens is 336 g/mol. The highest BCUT2D eigenvalue weighted by molar-refractivity contribution is 7.89. The molecule has 0 aliphatic heterocycles.